The van der Waals surface area contributed by atoms with Crippen molar-refractivity contribution in [2.45, 2.75) is 12.8 Å². The van der Waals surface area contributed by atoms with Crippen molar-refractivity contribution in [2.75, 3.05) is 62.2 Å². The third kappa shape index (κ3) is 5.39. The van der Waals surface area contributed by atoms with Gasteiger partial charge in [0.2, 0.25) is 5.91 Å². The molecule has 1 aromatic carbocycles. The van der Waals surface area contributed by atoms with Gasteiger partial charge in [-0.2, -0.15) is 0 Å². The summed E-state index contributed by atoms with van der Waals surface area (Å²) in [5.41, 5.74) is 2.11. The number of hydrogen-bond acceptors (Lipinski definition) is 7. The molecular formula is C24H29ClN6OS. The van der Waals surface area contributed by atoms with Gasteiger partial charge < -0.3 is 15.1 Å². The molecule has 0 radical (unpaired) electrons. The number of nitrogens with zero attached hydrogens (tertiary/aromatic N) is 5. The Morgan fingerprint density at radius 1 is 1.12 bits per heavy atom. The molecule has 7 nitrogen and oxygen atoms in total. The molecule has 0 aliphatic carbocycles. The van der Waals surface area contributed by atoms with Gasteiger partial charge >= 0.3 is 0 Å². The van der Waals surface area contributed by atoms with Crippen LogP contribution in [0.15, 0.2) is 42.6 Å². The van der Waals surface area contributed by atoms with Crippen LogP contribution in [-0.2, 0) is 4.79 Å². The van der Waals surface area contributed by atoms with Crippen molar-refractivity contribution in [3.05, 3.63) is 47.6 Å². The minimum Gasteiger partial charge on any atom is -0.369 e. The van der Waals surface area contributed by atoms with E-state index >= 15 is 0 Å². The van der Waals surface area contributed by atoms with Gasteiger partial charge in [0, 0.05) is 69.3 Å². The predicted molar refractivity (Wildman–Crippen MR) is 135 cm³/mol. The number of pyridine rings is 1. The fourth-order valence-electron chi connectivity index (χ4n) is 4.64. The number of amides is 1. The molecule has 1 N–H and O–H groups in total. The second-order valence-electron chi connectivity index (χ2n) is 8.71. The molecule has 2 saturated heterocycles. The van der Waals surface area contributed by atoms with Gasteiger partial charge in [0.1, 0.15) is 10.3 Å². The van der Waals surface area contributed by atoms with Crippen LogP contribution in [0.1, 0.15) is 12.8 Å². The molecule has 0 bridgehead atoms. The van der Waals surface area contributed by atoms with Gasteiger partial charge in [0.15, 0.2) is 5.13 Å². The Kier molecular flexibility index (Phi) is 6.94. The quantitative estimate of drug-likeness (QED) is 0.577. The number of rotatable bonds is 6. The van der Waals surface area contributed by atoms with Crippen molar-refractivity contribution < 1.29 is 4.79 Å². The summed E-state index contributed by atoms with van der Waals surface area (Å²) in [5, 5.41) is 4.93. The summed E-state index contributed by atoms with van der Waals surface area (Å²) in [6.07, 6.45) is 3.74. The standard InChI is InChI=1S/C24H29ClN6OS/c25-19-5-1-6-20(16-19)30-14-12-29(13-15-30)11-9-26-22(32)18-4-3-10-31(17-18)24-28-21-7-2-8-27-23(21)33-24/h1-2,5-8,16,18H,3-4,9-15,17H2,(H,26,32)/t18-/m0/s1. The second-order valence-corrected chi connectivity index (χ2v) is 10.1. The lowest BCUT2D eigenvalue weighted by Crippen LogP contribution is -2.49. The van der Waals surface area contributed by atoms with Crippen LogP contribution in [0.25, 0.3) is 10.3 Å². The fourth-order valence-corrected chi connectivity index (χ4v) is 5.77. The number of benzene rings is 1. The van der Waals surface area contributed by atoms with Crippen LogP contribution < -0.4 is 15.1 Å². The van der Waals surface area contributed by atoms with E-state index in [2.05, 4.69) is 31.1 Å². The number of aromatic nitrogens is 2. The molecule has 2 aliphatic heterocycles. The van der Waals surface area contributed by atoms with Gasteiger partial charge in [-0.1, -0.05) is 29.0 Å². The molecule has 1 atom stereocenters. The highest BCUT2D eigenvalue weighted by Gasteiger charge is 2.27. The van der Waals surface area contributed by atoms with Crippen LogP contribution >= 0.6 is 22.9 Å². The zero-order valence-corrected chi connectivity index (χ0v) is 20.2. The molecule has 2 aliphatic rings. The molecule has 0 spiro atoms. The van der Waals surface area contributed by atoms with E-state index in [-0.39, 0.29) is 11.8 Å². The van der Waals surface area contributed by atoms with E-state index in [1.54, 1.807) is 17.5 Å². The summed E-state index contributed by atoms with van der Waals surface area (Å²) in [7, 11) is 0. The molecule has 2 fully saturated rings. The largest absolute Gasteiger partial charge is 0.369 e. The highest BCUT2D eigenvalue weighted by Crippen LogP contribution is 2.30. The molecular weight excluding hydrogens is 456 g/mol. The van der Waals surface area contributed by atoms with Gasteiger partial charge in [-0.3, -0.25) is 9.69 Å². The molecule has 3 aromatic rings. The first-order valence-corrected chi connectivity index (χ1v) is 12.8. The Labute approximate surface area is 203 Å². The normalized spacial score (nSPS) is 19.7. The summed E-state index contributed by atoms with van der Waals surface area (Å²) < 4.78 is 0. The highest BCUT2D eigenvalue weighted by atomic mass is 35.5. The van der Waals surface area contributed by atoms with Crippen molar-refractivity contribution in [3.8, 4) is 0 Å². The number of halogens is 1. The number of hydrogen-bond donors (Lipinski definition) is 1. The molecule has 4 heterocycles. The van der Waals surface area contributed by atoms with Gasteiger partial charge in [-0.25, -0.2) is 9.97 Å². The molecule has 0 saturated carbocycles. The highest BCUT2D eigenvalue weighted by molar-refractivity contribution is 7.21. The SMILES string of the molecule is O=C(NCCN1CCN(c2cccc(Cl)c2)CC1)[C@H]1CCCN(c2nc3cccnc3s2)C1. The maximum Gasteiger partial charge on any atom is 0.224 e. The number of thiazole rings is 1. The van der Waals surface area contributed by atoms with Crippen molar-refractivity contribution in [3.63, 3.8) is 0 Å². The molecule has 9 heteroatoms. The van der Waals surface area contributed by atoms with Crippen LogP contribution in [0.3, 0.4) is 0 Å². The minimum absolute atomic E-state index is 0.0124. The second kappa shape index (κ2) is 10.2. The van der Waals surface area contributed by atoms with Crippen molar-refractivity contribution in [2.24, 2.45) is 5.92 Å². The predicted octanol–water partition coefficient (Wildman–Crippen LogP) is 3.50. The van der Waals surface area contributed by atoms with Crippen LogP contribution in [0.5, 0.6) is 0 Å². The lowest BCUT2D eigenvalue weighted by molar-refractivity contribution is -0.125. The van der Waals surface area contributed by atoms with Gasteiger partial charge in [-0.15, -0.1) is 0 Å². The topological polar surface area (TPSA) is 64.6 Å². The van der Waals surface area contributed by atoms with Gasteiger partial charge in [0.05, 0.1) is 5.92 Å². The zero-order valence-electron chi connectivity index (χ0n) is 18.6. The molecule has 5 rings (SSSR count). The number of nitrogens with one attached hydrogen (secondary N) is 1. The number of carbonyl (C=O) groups is 1. The summed E-state index contributed by atoms with van der Waals surface area (Å²) in [6.45, 7) is 7.18. The number of carbonyl (C=O) groups excluding carboxylic acids is 1. The van der Waals surface area contributed by atoms with E-state index in [0.29, 0.717) is 6.54 Å². The number of piperidine rings is 1. The van der Waals surface area contributed by atoms with E-state index in [0.717, 1.165) is 79.2 Å². The van der Waals surface area contributed by atoms with E-state index in [1.165, 1.54) is 5.69 Å². The number of piperazine rings is 1. The summed E-state index contributed by atoms with van der Waals surface area (Å²) in [4.78, 5) is 30.0. The maximum atomic E-state index is 12.9. The monoisotopic (exact) mass is 484 g/mol. The van der Waals surface area contributed by atoms with E-state index in [9.17, 15) is 4.79 Å². The van der Waals surface area contributed by atoms with Crippen molar-refractivity contribution >= 4 is 50.0 Å². The van der Waals surface area contributed by atoms with Gasteiger partial charge in [0.25, 0.3) is 0 Å². The maximum absolute atomic E-state index is 12.9. The third-order valence-electron chi connectivity index (χ3n) is 6.49. The summed E-state index contributed by atoms with van der Waals surface area (Å²) >= 11 is 7.74. The zero-order chi connectivity index (χ0) is 22.6. The molecule has 1 amide bonds. The fraction of sp³-hybridized carbons (Fsp3) is 0.458. The van der Waals surface area contributed by atoms with Crippen molar-refractivity contribution in [1.82, 2.24) is 20.2 Å². The molecule has 0 unspecified atom stereocenters. The Morgan fingerprint density at radius 2 is 2.00 bits per heavy atom. The lowest BCUT2D eigenvalue weighted by atomic mass is 9.97. The Balaban J connectivity index is 1.07. The first-order valence-electron chi connectivity index (χ1n) is 11.6. The Morgan fingerprint density at radius 3 is 2.82 bits per heavy atom. The average molecular weight is 485 g/mol. The lowest BCUT2D eigenvalue weighted by Gasteiger charge is -2.36. The van der Waals surface area contributed by atoms with E-state index < -0.39 is 0 Å². The smallest absolute Gasteiger partial charge is 0.224 e. The average Bonchev–Trinajstić information content (AvgIpc) is 3.29. The minimum atomic E-state index is 0.0124. The molecule has 174 valence electrons. The third-order valence-corrected chi connectivity index (χ3v) is 7.77. The first kappa shape index (κ1) is 22.4. The first-order chi connectivity index (χ1) is 16.2. The van der Waals surface area contributed by atoms with Crippen molar-refractivity contribution in [1.29, 1.82) is 0 Å². The van der Waals surface area contributed by atoms with E-state index in [4.69, 9.17) is 16.6 Å². The van der Waals surface area contributed by atoms with Crippen LogP contribution in [0.4, 0.5) is 10.8 Å². The van der Waals surface area contributed by atoms with Crippen LogP contribution in [0.2, 0.25) is 5.02 Å². The number of fused-ring (bicyclic) bond motifs is 1. The molecule has 33 heavy (non-hydrogen) atoms. The van der Waals surface area contributed by atoms with Crippen LogP contribution in [0, 0.1) is 5.92 Å². The molecule has 2 aromatic heterocycles. The summed E-state index contributed by atoms with van der Waals surface area (Å²) in [5.74, 6) is 0.176. The Hall–Kier alpha value is -2.42. The van der Waals surface area contributed by atoms with E-state index in [1.807, 2.05) is 30.3 Å². The summed E-state index contributed by atoms with van der Waals surface area (Å²) in [6, 6.07) is 11.9. The number of anilines is 2. The Bertz CT molecular complexity index is 1070. The van der Waals surface area contributed by atoms with Crippen LogP contribution in [-0.4, -0.2) is 73.1 Å². The van der Waals surface area contributed by atoms with Gasteiger partial charge in [-0.05, 0) is 43.2 Å².